The molecule has 1 aliphatic carbocycles. The summed E-state index contributed by atoms with van der Waals surface area (Å²) in [6, 6.07) is 0. The number of likely N-dealkylation sites (N-methyl/N-ethyl adjacent to an activating group) is 1. The number of amides is 1. The average Bonchev–Trinajstić information content (AvgIpc) is 3.05. The standard InChI is InChI=1S/C17H21N5O2S/c1-9-5-6-11-12(7-9)25-16-14(11)15-19-21(8-13(23)20(3)4)17(24)22(15)10(2)18-16/h9H,5-8H2,1-4H3/t9-/m1/s1. The van der Waals surface area contributed by atoms with E-state index in [0.717, 1.165) is 29.5 Å². The van der Waals surface area contributed by atoms with E-state index in [1.54, 1.807) is 25.4 Å². The molecular weight excluding hydrogens is 338 g/mol. The largest absolute Gasteiger partial charge is 0.352 e. The Bertz CT molecular complexity index is 1060. The van der Waals surface area contributed by atoms with Crippen molar-refractivity contribution >= 4 is 33.1 Å². The molecule has 0 saturated heterocycles. The molecule has 0 fully saturated rings. The Morgan fingerprint density at radius 3 is 2.88 bits per heavy atom. The van der Waals surface area contributed by atoms with Crippen LogP contribution in [0.5, 0.6) is 0 Å². The van der Waals surface area contributed by atoms with Gasteiger partial charge in [-0.3, -0.25) is 4.79 Å². The van der Waals surface area contributed by atoms with Crippen LogP contribution in [0.25, 0.3) is 15.9 Å². The first kappa shape index (κ1) is 16.3. The molecule has 1 amide bonds. The number of hydrogen-bond acceptors (Lipinski definition) is 5. The highest BCUT2D eigenvalue weighted by atomic mass is 32.1. The molecule has 3 aromatic rings. The lowest BCUT2D eigenvalue weighted by Gasteiger charge is -2.17. The summed E-state index contributed by atoms with van der Waals surface area (Å²) in [4.78, 5) is 33.2. The van der Waals surface area contributed by atoms with Gasteiger partial charge in [0.05, 0.1) is 5.39 Å². The van der Waals surface area contributed by atoms with Crippen LogP contribution in [0.1, 0.15) is 29.6 Å². The Morgan fingerprint density at radius 2 is 2.16 bits per heavy atom. The van der Waals surface area contributed by atoms with Crippen molar-refractivity contribution in [2.24, 2.45) is 5.92 Å². The van der Waals surface area contributed by atoms with E-state index in [4.69, 9.17) is 0 Å². The highest BCUT2D eigenvalue weighted by molar-refractivity contribution is 7.19. The summed E-state index contributed by atoms with van der Waals surface area (Å²) in [5.41, 5.74) is 1.61. The summed E-state index contributed by atoms with van der Waals surface area (Å²) < 4.78 is 2.79. The fourth-order valence-corrected chi connectivity index (χ4v) is 4.90. The van der Waals surface area contributed by atoms with Gasteiger partial charge in [0.25, 0.3) is 0 Å². The van der Waals surface area contributed by atoms with Crippen LogP contribution in [-0.2, 0) is 24.2 Å². The summed E-state index contributed by atoms with van der Waals surface area (Å²) in [6.07, 6.45) is 3.20. The topological polar surface area (TPSA) is 72.5 Å². The zero-order chi connectivity index (χ0) is 17.9. The van der Waals surface area contributed by atoms with Gasteiger partial charge in [0.2, 0.25) is 5.91 Å². The zero-order valence-electron chi connectivity index (χ0n) is 14.9. The van der Waals surface area contributed by atoms with Crippen molar-refractivity contribution in [3.63, 3.8) is 0 Å². The monoisotopic (exact) mass is 359 g/mol. The third kappa shape index (κ3) is 2.47. The number of thiophene rings is 1. The summed E-state index contributed by atoms with van der Waals surface area (Å²) in [6.45, 7) is 4.03. The molecule has 3 heterocycles. The highest BCUT2D eigenvalue weighted by Gasteiger charge is 2.25. The maximum absolute atomic E-state index is 12.7. The van der Waals surface area contributed by atoms with Gasteiger partial charge in [-0.1, -0.05) is 6.92 Å². The third-order valence-corrected chi connectivity index (χ3v) is 6.08. The summed E-state index contributed by atoms with van der Waals surface area (Å²) in [5.74, 6) is 1.13. The molecule has 132 valence electrons. The maximum atomic E-state index is 12.7. The maximum Gasteiger partial charge on any atom is 0.352 e. The van der Waals surface area contributed by atoms with Gasteiger partial charge < -0.3 is 4.90 Å². The molecule has 8 heteroatoms. The van der Waals surface area contributed by atoms with Crippen LogP contribution in [0.2, 0.25) is 0 Å². The first-order valence-corrected chi connectivity index (χ1v) is 9.29. The van der Waals surface area contributed by atoms with Crippen LogP contribution in [0.3, 0.4) is 0 Å². The van der Waals surface area contributed by atoms with E-state index in [2.05, 4.69) is 17.0 Å². The van der Waals surface area contributed by atoms with Crippen LogP contribution >= 0.6 is 11.3 Å². The molecule has 0 aromatic carbocycles. The molecule has 1 aliphatic rings. The van der Waals surface area contributed by atoms with Crippen molar-refractivity contribution in [1.29, 1.82) is 0 Å². The van der Waals surface area contributed by atoms with Crippen molar-refractivity contribution in [2.45, 2.75) is 39.7 Å². The fourth-order valence-electron chi connectivity index (χ4n) is 3.48. The van der Waals surface area contributed by atoms with Crippen LogP contribution in [-0.4, -0.2) is 44.1 Å². The normalized spacial score (nSPS) is 17.2. The van der Waals surface area contributed by atoms with E-state index in [1.807, 2.05) is 6.92 Å². The Morgan fingerprint density at radius 1 is 1.40 bits per heavy atom. The average molecular weight is 359 g/mol. The van der Waals surface area contributed by atoms with E-state index < -0.39 is 0 Å². The number of aromatic nitrogens is 4. The molecule has 4 rings (SSSR count). The number of rotatable bonds is 2. The fraction of sp³-hybridized carbons (Fsp3) is 0.529. The predicted octanol–water partition coefficient (Wildman–Crippen LogP) is 1.63. The second-order valence-electron chi connectivity index (χ2n) is 7.08. The molecule has 0 spiro atoms. The molecule has 0 aliphatic heterocycles. The Labute approximate surface area is 148 Å². The second-order valence-corrected chi connectivity index (χ2v) is 8.16. The van der Waals surface area contributed by atoms with Crippen molar-refractivity contribution in [1.82, 2.24) is 24.1 Å². The van der Waals surface area contributed by atoms with Gasteiger partial charge in [0.15, 0.2) is 5.65 Å². The molecule has 1 atom stereocenters. The lowest BCUT2D eigenvalue weighted by molar-refractivity contribution is -0.129. The van der Waals surface area contributed by atoms with Gasteiger partial charge in [-0.25, -0.2) is 18.9 Å². The van der Waals surface area contributed by atoms with Gasteiger partial charge in [-0.15, -0.1) is 16.4 Å². The Hall–Kier alpha value is -2.22. The molecule has 7 nitrogen and oxygen atoms in total. The SMILES string of the molecule is Cc1nc2sc3c(c2c2nn(CC(=O)N(C)C)c(=O)n12)CC[C@@H](C)C3. The Balaban J connectivity index is 1.97. The van der Waals surface area contributed by atoms with Crippen molar-refractivity contribution in [3.8, 4) is 0 Å². The van der Waals surface area contributed by atoms with Crippen LogP contribution < -0.4 is 5.69 Å². The third-order valence-electron chi connectivity index (χ3n) is 4.93. The van der Waals surface area contributed by atoms with Crippen LogP contribution in [0.4, 0.5) is 0 Å². The minimum Gasteiger partial charge on any atom is -0.347 e. The number of hydrogen-bond donors (Lipinski definition) is 0. The molecule has 0 unspecified atom stereocenters. The lowest BCUT2D eigenvalue weighted by Crippen LogP contribution is -2.32. The number of nitrogens with zero attached hydrogens (tertiary/aromatic N) is 5. The smallest absolute Gasteiger partial charge is 0.347 e. The van der Waals surface area contributed by atoms with E-state index in [0.29, 0.717) is 17.4 Å². The van der Waals surface area contributed by atoms with Gasteiger partial charge in [-0.05, 0) is 37.7 Å². The van der Waals surface area contributed by atoms with Crippen LogP contribution in [0, 0.1) is 12.8 Å². The first-order chi connectivity index (χ1) is 11.9. The zero-order valence-corrected chi connectivity index (χ0v) is 15.7. The molecule has 0 radical (unpaired) electrons. The number of carbonyl (C=O) groups is 1. The van der Waals surface area contributed by atoms with Crippen LogP contribution in [0.15, 0.2) is 4.79 Å². The summed E-state index contributed by atoms with van der Waals surface area (Å²) in [7, 11) is 3.34. The molecule has 3 aromatic heterocycles. The second kappa shape index (κ2) is 5.66. The highest BCUT2D eigenvalue weighted by Crippen LogP contribution is 2.38. The minimum absolute atomic E-state index is 0.0577. The van der Waals surface area contributed by atoms with E-state index in [1.165, 1.54) is 24.4 Å². The minimum atomic E-state index is -0.304. The van der Waals surface area contributed by atoms with Gasteiger partial charge in [-0.2, -0.15) is 0 Å². The van der Waals surface area contributed by atoms with Crippen molar-refractivity contribution < 1.29 is 4.79 Å². The number of fused-ring (bicyclic) bond motifs is 5. The quantitative estimate of drug-likeness (QED) is 0.697. The number of carbonyl (C=O) groups excluding carboxylic acids is 1. The van der Waals surface area contributed by atoms with Gasteiger partial charge in [0, 0.05) is 19.0 Å². The van der Waals surface area contributed by atoms with Crippen molar-refractivity contribution in [2.75, 3.05) is 14.1 Å². The van der Waals surface area contributed by atoms with Crippen molar-refractivity contribution in [3.05, 3.63) is 26.7 Å². The summed E-state index contributed by atoms with van der Waals surface area (Å²) in [5, 5.41) is 5.50. The lowest BCUT2D eigenvalue weighted by atomic mass is 9.89. The van der Waals surface area contributed by atoms with E-state index in [-0.39, 0.29) is 18.1 Å². The van der Waals surface area contributed by atoms with E-state index in [9.17, 15) is 9.59 Å². The molecule has 0 N–H and O–H groups in total. The molecule has 0 saturated carbocycles. The van der Waals surface area contributed by atoms with Gasteiger partial charge >= 0.3 is 5.69 Å². The number of aryl methyl sites for hydroxylation is 2. The molecule has 25 heavy (non-hydrogen) atoms. The predicted molar refractivity (Wildman–Crippen MR) is 97.3 cm³/mol. The first-order valence-electron chi connectivity index (χ1n) is 8.47. The van der Waals surface area contributed by atoms with Gasteiger partial charge in [0.1, 0.15) is 17.2 Å². The Kier molecular flexibility index (Phi) is 3.68. The molecule has 0 bridgehead atoms. The summed E-state index contributed by atoms with van der Waals surface area (Å²) >= 11 is 1.72. The van der Waals surface area contributed by atoms with E-state index >= 15 is 0 Å². The molecular formula is C17H21N5O2S.